The fourth-order valence-corrected chi connectivity index (χ4v) is 3.14. The molecule has 1 N–H and O–H groups in total. The summed E-state index contributed by atoms with van der Waals surface area (Å²) in [4.78, 5) is 20.9. The Labute approximate surface area is 192 Å². The zero-order valence-corrected chi connectivity index (χ0v) is 18.1. The van der Waals surface area contributed by atoms with Crippen LogP contribution in [-0.2, 0) is 13.2 Å². The first kappa shape index (κ1) is 21.8. The van der Waals surface area contributed by atoms with Gasteiger partial charge in [0.1, 0.15) is 18.1 Å². The van der Waals surface area contributed by atoms with E-state index in [1.807, 2.05) is 36.4 Å². The van der Waals surface area contributed by atoms with Crippen LogP contribution in [0.3, 0.4) is 0 Å². The highest BCUT2D eigenvalue weighted by atomic mass is 16.5. The highest BCUT2D eigenvalue weighted by Crippen LogP contribution is 2.29. The molecule has 0 fully saturated rings. The second kappa shape index (κ2) is 10.8. The summed E-state index contributed by atoms with van der Waals surface area (Å²) in [7, 11) is 1.59. The van der Waals surface area contributed by atoms with Crippen molar-refractivity contribution in [3.8, 4) is 23.0 Å². The van der Waals surface area contributed by atoms with Crippen molar-refractivity contribution in [1.29, 1.82) is 0 Å². The van der Waals surface area contributed by atoms with Crippen molar-refractivity contribution >= 4 is 5.91 Å². The van der Waals surface area contributed by atoms with E-state index in [0.29, 0.717) is 41.7 Å². The number of carbonyl (C=O) groups excluding carboxylic acids is 1. The van der Waals surface area contributed by atoms with E-state index in [9.17, 15) is 4.79 Å². The molecule has 0 saturated carbocycles. The molecule has 7 heteroatoms. The number of hydrogen-bond donors (Lipinski definition) is 1. The van der Waals surface area contributed by atoms with Crippen LogP contribution in [0.4, 0.5) is 0 Å². The molecule has 0 bridgehead atoms. The van der Waals surface area contributed by atoms with Gasteiger partial charge in [-0.25, -0.2) is 0 Å². The first-order chi connectivity index (χ1) is 16.2. The number of aromatic nitrogens is 2. The Morgan fingerprint density at radius 2 is 1.70 bits per heavy atom. The zero-order chi connectivity index (χ0) is 22.9. The Balaban J connectivity index is 1.40. The number of rotatable bonds is 9. The number of carbonyl (C=O) groups is 1. The van der Waals surface area contributed by atoms with Crippen LogP contribution in [0.2, 0.25) is 0 Å². The van der Waals surface area contributed by atoms with Gasteiger partial charge in [0.05, 0.1) is 18.9 Å². The molecule has 4 rings (SSSR count). The van der Waals surface area contributed by atoms with Crippen molar-refractivity contribution in [2.24, 2.45) is 0 Å². The molecule has 0 aliphatic heterocycles. The van der Waals surface area contributed by atoms with Gasteiger partial charge in [-0.3, -0.25) is 14.8 Å². The maximum atomic E-state index is 12.8. The standard InChI is InChI=1S/C26H23N3O4/c1-31-25-15-20(8-9-24(25)32-18-19-10-13-27-14-11-19)16-29-26(30)22-6-2-3-7-23(22)33-21-5-4-12-28-17-21/h2-15,17H,16,18H2,1H3,(H,29,30). The van der Waals surface area contributed by atoms with Gasteiger partial charge >= 0.3 is 0 Å². The van der Waals surface area contributed by atoms with Crippen LogP contribution < -0.4 is 19.5 Å². The maximum absolute atomic E-state index is 12.8. The molecule has 0 atom stereocenters. The third kappa shape index (κ3) is 5.86. The van der Waals surface area contributed by atoms with Crippen LogP contribution in [0.25, 0.3) is 0 Å². The molecule has 2 heterocycles. The van der Waals surface area contributed by atoms with Gasteiger partial charge in [0.25, 0.3) is 5.91 Å². The van der Waals surface area contributed by atoms with E-state index in [1.54, 1.807) is 62.2 Å². The van der Waals surface area contributed by atoms with Crippen molar-refractivity contribution in [2.75, 3.05) is 7.11 Å². The number of ether oxygens (including phenoxy) is 3. The Kier molecular flexibility index (Phi) is 7.12. The summed E-state index contributed by atoms with van der Waals surface area (Å²) in [5, 5.41) is 2.93. The van der Waals surface area contributed by atoms with E-state index in [2.05, 4.69) is 15.3 Å². The Bertz CT molecular complexity index is 1200. The van der Waals surface area contributed by atoms with Crippen molar-refractivity contribution < 1.29 is 19.0 Å². The molecule has 33 heavy (non-hydrogen) atoms. The third-order valence-electron chi connectivity index (χ3n) is 4.82. The lowest BCUT2D eigenvalue weighted by molar-refractivity contribution is 0.0948. The molecule has 7 nitrogen and oxygen atoms in total. The molecule has 0 unspecified atom stereocenters. The first-order valence-electron chi connectivity index (χ1n) is 10.4. The molecular weight excluding hydrogens is 418 g/mol. The van der Waals surface area contributed by atoms with E-state index in [1.165, 1.54) is 0 Å². The van der Waals surface area contributed by atoms with Gasteiger partial charge in [-0.2, -0.15) is 0 Å². The smallest absolute Gasteiger partial charge is 0.255 e. The van der Waals surface area contributed by atoms with Gasteiger partial charge in [0.15, 0.2) is 11.5 Å². The second-order valence-electron chi connectivity index (χ2n) is 7.10. The Morgan fingerprint density at radius 1 is 0.848 bits per heavy atom. The second-order valence-corrected chi connectivity index (χ2v) is 7.10. The molecule has 0 aliphatic rings. The molecule has 0 aliphatic carbocycles. The minimum absolute atomic E-state index is 0.244. The number of nitrogens with zero attached hydrogens (tertiary/aromatic N) is 2. The molecule has 0 saturated heterocycles. The van der Waals surface area contributed by atoms with Gasteiger partial charge in [-0.05, 0) is 59.7 Å². The fraction of sp³-hybridized carbons (Fsp3) is 0.115. The lowest BCUT2D eigenvalue weighted by Crippen LogP contribution is -2.23. The van der Waals surface area contributed by atoms with Gasteiger partial charge in [0.2, 0.25) is 0 Å². The minimum Gasteiger partial charge on any atom is -0.493 e. The van der Waals surface area contributed by atoms with Crippen LogP contribution in [-0.4, -0.2) is 23.0 Å². The van der Waals surface area contributed by atoms with Crippen molar-refractivity contribution in [3.63, 3.8) is 0 Å². The molecule has 1 amide bonds. The van der Waals surface area contributed by atoms with E-state index in [0.717, 1.165) is 11.1 Å². The molecular formula is C26H23N3O4. The third-order valence-corrected chi connectivity index (χ3v) is 4.82. The van der Waals surface area contributed by atoms with Gasteiger partial charge in [-0.15, -0.1) is 0 Å². The lowest BCUT2D eigenvalue weighted by Gasteiger charge is -2.14. The normalized spacial score (nSPS) is 10.3. The highest BCUT2D eigenvalue weighted by Gasteiger charge is 2.13. The van der Waals surface area contributed by atoms with E-state index >= 15 is 0 Å². The van der Waals surface area contributed by atoms with E-state index in [-0.39, 0.29) is 5.91 Å². The molecule has 166 valence electrons. The number of methoxy groups -OCH3 is 1. The number of amides is 1. The summed E-state index contributed by atoms with van der Waals surface area (Å²) < 4.78 is 17.2. The molecule has 2 aromatic carbocycles. The van der Waals surface area contributed by atoms with Crippen molar-refractivity contribution in [1.82, 2.24) is 15.3 Å². The predicted octanol–water partition coefficient (Wildman–Crippen LogP) is 4.79. The number of pyridine rings is 2. The quantitative estimate of drug-likeness (QED) is 0.402. The topological polar surface area (TPSA) is 82.6 Å². The summed E-state index contributed by atoms with van der Waals surface area (Å²) in [6.07, 6.45) is 6.71. The first-order valence-corrected chi connectivity index (χ1v) is 10.4. The summed E-state index contributed by atoms with van der Waals surface area (Å²) in [6.45, 7) is 0.726. The van der Waals surface area contributed by atoms with Crippen LogP contribution in [0.5, 0.6) is 23.0 Å². The number of para-hydroxylation sites is 1. The Hall–Kier alpha value is -4.39. The molecule has 4 aromatic rings. The monoisotopic (exact) mass is 441 g/mol. The summed E-state index contributed by atoms with van der Waals surface area (Å²) >= 11 is 0. The SMILES string of the molecule is COc1cc(CNC(=O)c2ccccc2Oc2cccnc2)ccc1OCc1ccncc1. The van der Waals surface area contributed by atoms with Gasteiger partial charge in [-0.1, -0.05) is 18.2 Å². The summed E-state index contributed by atoms with van der Waals surface area (Å²) in [5.74, 6) is 1.99. The number of nitrogens with one attached hydrogen (secondary N) is 1. The summed E-state index contributed by atoms with van der Waals surface area (Å²) in [6, 6.07) is 20.0. The van der Waals surface area contributed by atoms with Crippen LogP contribution in [0.15, 0.2) is 91.5 Å². The predicted molar refractivity (Wildman–Crippen MR) is 123 cm³/mol. The van der Waals surface area contributed by atoms with Crippen LogP contribution in [0.1, 0.15) is 21.5 Å². The summed E-state index contributed by atoms with van der Waals surface area (Å²) in [5.41, 5.74) is 2.32. The average molecular weight is 441 g/mol. The number of benzene rings is 2. The lowest BCUT2D eigenvalue weighted by atomic mass is 10.1. The fourth-order valence-electron chi connectivity index (χ4n) is 3.14. The van der Waals surface area contributed by atoms with E-state index < -0.39 is 0 Å². The average Bonchev–Trinajstić information content (AvgIpc) is 2.88. The van der Waals surface area contributed by atoms with Crippen LogP contribution >= 0.6 is 0 Å². The highest BCUT2D eigenvalue weighted by molar-refractivity contribution is 5.97. The maximum Gasteiger partial charge on any atom is 0.255 e. The van der Waals surface area contributed by atoms with Crippen molar-refractivity contribution in [3.05, 3.63) is 108 Å². The van der Waals surface area contributed by atoms with Crippen molar-refractivity contribution in [2.45, 2.75) is 13.2 Å². The van der Waals surface area contributed by atoms with Gasteiger partial charge < -0.3 is 19.5 Å². The minimum atomic E-state index is -0.244. The van der Waals surface area contributed by atoms with Gasteiger partial charge in [0, 0.05) is 25.1 Å². The Morgan fingerprint density at radius 3 is 2.48 bits per heavy atom. The van der Waals surface area contributed by atoms with E-state index in [4.69, 9.17) is 14.2 Å². The molecule has 0 spiro atoms. The molecule has 0 radical (unpaired) electrons. The largest absolute Gasteiger partial charge is 0.493 e. The van der Waals surface area contributed by atoms with Crippen LogP contribution in [0, 0.1) is 0 Å². The number of hydrogen-bond acceptors (Lipinski definition) is 6. The molecule has 2 aromatic heterocycles. The zero-order valence-electron chi connectivity index (χ0n) is 18.1.